The number of aryl methyl sites for hydroxylation is 1. The first-order chi connectivity index (χ1) is 17.9. The number of aromatic carboxylic acids is 1. The molecular weight excluding hydrogens is 506 g/mol. The highest BCUT2D eigenvalue weighted by molar-refractivity contribution is 6.07. The lowest BCUT2D eigenvalue weighted by molar-refractivity contribution is -0.137. The Morgan fingerprint density at radius 2 is 1.87 bits per heavy atom. The number of carbonyl (C=O) groups is 1. The van der Waals surface area contributed by atoms with Crippen LogP contribution < -0.4 is 10.3 Å². The summed E-state index contributed by atoms with van der Waals surface area (Å²) in [7, 11) is 0. The number of aromatic nitrogens is 2. The third-order valence-corrected chi connectivity index (χ3v) is 7.21. The first-order valence-corrected chi connectivity index (χ1v) is 12.0. The number of hydrogen-bond acceptors (Lipinski definition) is 5. The molecule has 7 nitrogen and oxygen atoms in total. The fraction of sp³-hybridized carbons (Fsp3) is 0.296. The summed E-state index contributed by atoms with van der Waals surface area (Å²) in [4.78, 5) is 30.8. The molecule has 4 aromatic rings. The maximum absolute atomic E-state index is 15.2. The van der Waals surface area contributed by atoms with Gasteiger partial charge in [-0.15, -0.1) is 0 Å². The van der Waals surface area contributed by atoms with Crippen molar-refractivity contribution in [2.24, 2.45) is 0 Å². The van der Waals surface area contributed by atoms with Crippen molar-refractivity contribution in [1.29, 1.82) is 0 Å². The van der Waals surface area contributed by atoms with Gasteiger partial charge in [0.1, 0.15) is 11.4 Å². The Kier molecular flexibility index (Phi) is 6.13. The highest BCUT2D eigenvalue weighted by Gasteiger charge is 2.37. The van der Waals surface area contributed by atoms with Gasteiger partial charge in [-0.3, -0.25) is 9.78 Å². The van der Waals surface area contributed by atoms with Crippen LogP contribution in [0.15, 0.2) is 53.6 Å². The molecule has 0 bridgehead atoms. The molecule has 1 saturated heterocycles. The lowest BCUT2D eigenvalue weighted by atomic mass is 9.83. The molecule has 1 aliphatic heterocycles. The molecule has 0 amide bonds. The van der Waals surface area contributed by atoms with Crippen LogP contribution in [0.4, 0.5) is 23.2 Å². The highest BCUT2D eigenvalue weighted by atomic mass is 19.4. The summed E-state index contributed by atoms with van der Waals surface area (Å²) >= 11 is 0. The summed E-state index contributed by atoms with van der Waals surface area (Å²) in [5.74, 6) is -2.00. The van der Waals surface area contributed by atoms with Gasteiger partial charge in [0.2, 0.25) is 5.43 Å². The first-order valence-electron chi connectivity index (χ1n) is 12.0. The fourth-order valence-corrected chi connectivity index (χ4v) is 5.11. The van der Waals surface area contributed by atoms with Crippen molar-refractivity contribution in [3.05, 3.63) is 81.5 Å². The minimum atomic E-state index is -4.55. The Balaban J connectivity index is 1.55. The molecule has 0 aliphatic carbocycles. The summed E-state index contributed by atoms with van der Waals surface area (Å²) in [6.45, 7) is 2.42. The normalized spacial score (nSPS) is 15.8. The number of alkyl halides is 3. The van der Waals surface area contributed by atoms with Crippen molar-refractivity contribution in [3.8, 4) is 0 Å². The van der Waals surface area contributed by atoms with Gasteiger partial charge in [0.05, 0.1) is 39.5 Å². The molecule has 3 heterocycles. The van der Waals surface area contributed by atoms with Gasteiger partial charge in [-0.05, 0) is 43.5 Å². The lowest BCUT2D eigenvalue weighted by Crippen LogP contribution is -2.43. The molecule has 0 unspecified atom stereocenters. The van der Waals surface area contributed by atoms with Crippen LogP contribution in [0.3, 0.4) is 0 Å². The minimum absolute atomic E-state index is 0.0470. The minimum Gasteiger partial charge on any atom is -0.477 e. The zero-order valence-corrected chi connectivity index (χ0v) is 20.2. The second kappa shape index (κ2) is 9.09. The van der Waals surface area contributed by atoms with Crippen LogP contribution in [0.25, 0.3) is 21.8 Å². The highest BCUT2D eigenvalue weighted by Crippen LogP contribution is 2.39. The summed E-state index contributed by atoms with van der Waals surface area (Å²) in [5.41, 5.74) is -2.65. The molecule has 2 aromatic carbocycles. The van der Waals surface area contributed by atoms with E-state index >= 15 is 4.39 Å². The number of piperidine rings is 1. The molecular formula is C27H23F4N3O4. The molecule has 0 atom stereocenters. The summed E-state index contributed by atoms with van der Waals surface area (Å²) in [5, 5.41) is 21.1. The van der Waals surface area contributed by atoms with Gasteiger partial charge in [-0.2, -0.15) is 13.2 Å². The molecule has 1 aliphatic rings. The largest absolute Gasteiger partial charge is 0.477 e. The molecule has 198 valence electrons. The first kappa shape index (κ1) is 25.7. The molecule has 5 rings (SSSR count). The number of hydrogen-bond donors (Lipinski definition) is 2. The summed E-state index contributed by atoms with van der Waals surface area (Å²) < 4.78 is 56.3. The molecule has 1 fully saturated rings. The van der Waals surface area contributed by atoms with Crippen molar-refractivity contribution in [2.45, 2.75) is 38.1 Å². The lowest BCUT2D eigenvalue weighted by Gasteiger charge is -2.40. The average Bonchev–Trinajstić information content (AvgIpc) is 2.88. The van der Waals surface area contributed by atoms with E-state index in [-0.39, 0.29) is 53.5 Å². The standard InChI is InChI=1S/C27H23F4N3O4/c1-2-33-14-18(25(36)37)24(35)23-17-11-21(19(28)12-20(17)32-13-22(23)33)34-8-6-26(38,7-9-34)15-4-3-5-16(10-15)27(29,30)31/h3-5,10-14,38H,2,6-9H2,1H3,(H,36,37). The van der Waals surface area contributed by atoms with E-state index in [9.17, 15) is 33.0 Å². The number of pyridine rings is 2. The van der Waals surface area contributed by atoms with E-state index in [0.29, 0.717) is 12.1 Å². The fourth-order valence-electron chi connectivity index (χ4n) is 5.11. The van der Waals surface area contributed by atoms with Gasteiger partial charge >= 0.3 is 12.1 Å². The quantitative estimate of drug-likeness (QED) is 0.288. The maximum atomic E-state index is 15.2. The zero-order chi connectivity index (χ0) is 27.4. The van der Waals surface area contributed by atoms with Crippen LogP contribution >= 0.6 is 0 Å². The predicted molar refractivity (Wildman–Crippen MR) is 133 cm³/mol. The number of halogens is 4. The Bertz CT molecular complexity index is 1640. The van der Waals surface area contributed by atoms with Crippen LogP contribution in [-0.2, 0) is 18.3 Å². The molecule has 0 spiro atoms. The van der Waals surface area contributed by atoms with E-state index in [1.54, 1.807) is 16.4 Å². The van der Waals surface area contributed by atoms with Gasteiger partial charge < -0.3 is 19.7 Å². The molecule has 0 radical (unpaired) electrons. The van der Waals surface area contributed by atoms with E-state index in [4.69, 9.17) is 0 Å². The zero-order valence-electron chi connectivity index (χ0n) is 20.2. The topological polar surface area (TPSA) is 95.7 Å². The van der Waals surface area contributed by atoms with E-state index in [1.165, 1.54) is 36.7 Å². The van der Waals surface area contributed by atoms with Crippen LogP contribution in [0, 0.1) is 5.82 Å². The van der Waals surface area contributed by atoms with Gasteiger partial charge in [-0.1, -0.05) is 12.1 Å². The van der Waals surface area contributed by atoms with Crippen molar-refractivity contribution in [2.75, 3.05) is 18.0 Å². The summed E-state index contributed by atoms with van der Waals surface area (Å²) in [6, 6.07) is 7.18. The van der Waals surface area contributed by atoms with E-state index in [0.717, 1.165) is 12.1 Å². The van der Waals surface area contributed by atoms with Crippen LogP contribution in [0.2, 0.25) is 0 Å². The van der Waals surface area contributed by atoms with Crippen LogP contribution in [-0.4, -0.2) is 38.8 Å². The van der Waals surface area contributed by atoms with E-state index in [1.807, 2.05) is 0 Å². The average molecular weight is 529 g/mol. The molecule has 2 N–H and O–H groups in total. The number of carboxylic acids is 1. The third kappa shape index (κ3) is 4.26. The maximum Gasteiger partial charge on any atom is 0.416 e. The van der Waals surface area contributed by atoms with Crippen molar-refractivity contribution >= 4 is 33.5 Å². The van der Waals surface area contributed by atoms with Crippen molar-refractivity contribution in [1.82, 2.24) is 9.55 Å². The number of benzene rings is 2. The van der Waals surface area contributed by atoms with Gasteiger partial charge in [0, 0.05) is 37.3 Å². The van der Waals surface area contributed by atoms with Gasteiger partial charge in [0.25, 0.3) is 0 Å². The SMILES string of the molecule is CCn1cc(C(=O)O)c(=O)c2c3cc(N4CCC(O)(c5cccc(C(F)(F)F)c5)CC4)c(F)cc3ncc21. The Morgan fingerprint density at radius 1 is 1.16 bits per heavy atom. The Labute approximate surface area is 213 Å². The van der Waals surface area contributed by atoms with Gasteiger partial charge in [-0.25, -0.2) is 9.18 Å². The number of rotatable bonds is 4. The monoisotopic (exact) mass is 529 g/mol. The van der Waals surface area contributed by atoms with E-state index < -0.39 is 40.1 Å². The van der Waals surface area contributed by atoms with Crippen LogP contribution in [0.5, 0.6) is 0 Å². The number of fused-ring (bicyclic) bond motifs is 3. The number of carboxylic acid groups (broad SMARTS) is 1. The Hall–Kier alpha value is -3.99. The molecule has 11 heteroatoms. The van der Waals surface area contributed by atoms with E-state index in [2.05, 4.69) is 4.98 Å². The summed E-state index contributed by atoms with van der Waals surface area (Å²) in [6.07, 6.45) is -1.79. The van der Waals surface area contributed by atoms with Crippen molar-refractivity contribution < 1.29 is 32.6 Å². The Morgan fingerprint density at radius 3 is 2.50 bits per heavy atom. The number of anilines is 1. The molecule has 38 heavy (non-hydrogen) atoms. The third-order valence-electron chi connectivity index (χ3n) is 7.21. The number of nitrogens with zero attached hydrogens (tertiary/aromatic N) is 3. The second-order valence-corrected chi connectivity index (χ2v) is 9.40. The molecule has 2 aromatic heterocycles. The predicted octanol–water partition coefficient (Wildman–Crippen LogP) is 4.91. The molecule has 0 saturated carbocycles. The smallest absolute Gasteiger partial charge is 0.416 e. The van der Waals surface area contributed by atoms with Crippen molar-refractivity contribution in [3.63, 3.8) is 0 Å². The van der Waals surface area contributed by atoms with Crippen LogP contribution in [0.1, 0.15) is 41.3 Å². The second-order valence-electron chi connectivity index (χ2n) is 9.40. The number of aliphatic hydroxyl groups is 1. The van der Waals surface area contributed by atoms with Gasteiger partial charge in [0.15, 0.2) is 0 Å².